The summed E-state index contributed by atoms with van der Waals surface area (Å²) in [4.78, 5) is 4.97. The van der Waals surface area contributed by atoms with Crippen LogP contribution in [0, 0.1) is 0 Å². The zero-order chi connectivity index (χ0) is 14.1. The zero-order valence-electron chi connectivity index (χ0n) is 12.1. The molecule has 2 atom stereocenters. The maximum Gasteiger partial charge on any atom is 0.124 e. The molecule has 2 heterocycles. The molecule has 4 nitrogen and oxygen atoms in total. The lowest BCUT2D eigenvalue weighted by Gasteiger charge is -2.28. The van der Waals surface area contributed by atoms with Gasteiger partial charge >= 0.3 is 0 Å². The third-order valence-corrected chi connectivity index (χ3v) is 4.88. The van der Waals surface area contributed by atoms with Crippen molar-refractivity contribution in [2.45, 2.75) is 38.3 Å². The molecule has 0 radical (unpaired) electrons. The Hall–Kier alpha value is -1.26. The third-order valence-electron chi connectivity index (χ3n) is 4.88. The lowest BCUT2D eigenvalue weighted by atomic mass is 10.0. The molecule has 0 saturated carbocycles. The summed E-state index contributed by atoms with van der Waals surface area (Å²) in [5, 5.41) is 20.0. The predicted molar refractivity (Wildman–Crippen MR) is 79.0 cm³/mol. The van der Waals surface area contributed by atoms with E-state index in [1.54, 1.807) is 18.2 Å². The number of benzene rings is 1. The number of hydrogen-bond donors (Lipinski definition) is 2. The van der Waals surface area contributed by atoms with E-state index in [-0.39, 0.29) is 17.5 Å². The second-order valence-electron chi connectivity index (χ2n) is 6.07. The van der Waals surface area contributed by atoms with E-state index in [4.69, 9.17) is 0 Å². The van der Waals surface area contributed by atoms with Gasteiger partial charge < -0.3 is 10.2 Å². The Balaban J connectivity index is 1.70. The highest BCUT2D eigenvalue weighted by molar-refractivity contribution is 5.45. The standard InChI is InChI=1S/C16H24N2O2/c1-12(16-14(19)5-4-6-15(16)20)18-10-7-13(11-18)17-8-2-3-9-17/h4-6,12-13,19-20H,2-3,7-11H2,1H3. The molecule has 2 N–H and O–H groups in total. The van der Waals surface area contributed by atoms with Crippen molar-refractivity contribution in [2.24, 2.45) is 0 Å². The minimum atomic E-state index is 0.0591. The van der Waals surface area contributed by atoms with Crippen LogP contribution in [-0.4, -0.2) is 52.2 Å². The van der Waals surface area contributed by atoms with Gasteiger partial charge in [0.2, 0.25) is 0 Å². The lowest BCUT2D eigenvalue weighted by molar-refractivity contribution is 0.204. The van der Waals surface area contributed by atoms with Gasteiger partial charge in [0, 0.05) is 25.2 Å². The fourth-order valence-corrected chi connectivity index (χ4v) is 3.68. The number of phenols is 2. The molecule has 1 aromatic rings. The molecule has 0 spiro atoms. The topological polar surface area (TPSA) is 46.9 Å². The lowest BCUT2D eigenvalue weighted by Crippen LogP contribution is -2.35. The van der Waals surface area contributed by atoms with Gasteiger partial charge in [-0.15, -0.1) is 0 Å². The maximum absolute atomic E-state index is 10.0. The van der Waals surface area contributed by atoms with Gasteiger partial charge in [-0.05, 0) is 51.4 Å². The van der Waals surface area contributed by atoms with Crippen molar-refractivity contribution in [3.8, 4) is 11.5 Å². The van der Waals surface area contributed by atoms with Gasteiger partial charge in [-0.25, -0.2) is 0 Å². The van der Waals surface area contributed by atoms with Crippen molar-refractivity contribution in [1.82, 2.24) is 9.80 Å². The summed E-state index contributed by atoms with van der Waals surface area (Å²) < 4.78 is 0. The highest BCUT2D eigenvalue weighted by atomic mass is 16.3. The first-order chi connectivity index (χ1) is 9.66. The Morgan fingerprint density at radius 1 is 1.10 bits per heavy atom. The van der Waals surface area contributed by atoms with Crippen molar-refractivity contribution in [1.29, 1.82) is 0 Å². The minimum absolute atomic E-state index is 0.0591. The highest BCUT2D eigenvalue weighted by Crippen LogP contribution is 2.37. The van der Waals surface area contributed by atoms with Crippen LogP contribution in [0.25, 0.3) is 0 Å². The normalized spacial score (nSPS) is 26.1. The van der Waals surface area contributed by atoms with Gasteiger partial charge in [-0.3, -0.25) is 9.80 Å². The number of rotatable bonds is 3. The van der Waals surface area contributed by atoms with Crippen LogP contribution < -0.4 is 0 Å². The molecule has 3 rings (SSSR count). The number of nitrogens with zero attached hydrogens (tertiary/aromatic N) is 2. The smallest absolute Gasteiger partial charge is 0.124 e. The molecule has 2 aliphatic heterocycles. The monoisotopic (exact) mass is 276 g/mol. The van der Waals surface area contributed by atoms with Gasteiger partial charge in [0.1, 0.15) is 11.5 Å². The molecule has 20 heavy (non-hydrogen) atoms. The van der Waals surface area contributed by atoms with Crippen LogP contribution in [-0.2, 0) is 0 Å². The highest BCUT2D eigenvalue weighted by Gasteiger charge is 2.33. The van der Waals surface area contributed by atoms with E-state index in [0.717, 1.165) is 13.1 Å². The summed E-state index contributed by atoms with van der Waals surface area (Å²) in [5.74, 6) is 0.393. The molecular formula is C16H24N2O2. The van der Waals surface area contributed by atoms with Crippen molar-refractivity contribution in [3.63, 3.8) is 0 Å². The molecule has 2 fully saturated rings. The maximum atomic E-state index is 10.0. The van der Waals surface area contributed by atoms with E-state index in [9.17, 15) is 10.2 Å². The summed E-state index contributed by atoms with van der Waals surface area (Å²) in [6.45, 7) is 6.61. The summed E-state index contributed by atoms with van der Waals surface area (Å²) in [6, 6.07) is 5.69. The van der Waals surface area contributed by atoms with E-state index in [2.05, 4.69) is 16.7 Å². The Labute approximate surface area is 120 Å². The molecule has 1 aromatic carbocycles. The van der Waals surface area contributed by atoms with Crippen LogP contribution in [0.2, 0.25) is 0 Å². The van der Waals surface area contributed by atoms with E-state index < -0.39 is 0 Å². The van der Waals surface area contributed by atoms with Gasteiger partial charge in [0.05, 0.1) is 5.56 Å². The Morgan fingerprint density at radius 2 is 1.75 bits per heavy atom. The zero-order valence-corrected chi connectivity index (χ0v) is 12.1. The first-order valence-corrected chi connectivity index (χ1v) is 7.66. The Kier molecular flexibility index (Phi) is 3.85. The van der Waals surface area contributed by atoms with Gasteiger partial charge in [-0.1, -0.05) is 6.07 Å². The van der Waals surface area contributed by atoms with Crippen molar-refractivity contribution in [3.05, 3.63) is 23.8 Å². The van der Waals surface area contributed by atoms with E-state index in [0.29, 0.717) is 11.6 Å². The van der Waals surface area contributed by atoms with Crippen molar-refractivity contribution in [2.75, 3.05) is 26.2 Å². The number of likely N-dealkylation sites (tertiary alicyclic amines) is 2. The molecule has 2 unspecified atom stereocenters. The minimum Gasteiger partial charge on any atom is -0.507 e. The fourth-order valence-electron chi connectivity index (χ4n) is 3.68. The molecule has 4 heteroatoms. The van der Waals surface area contributed by atoms with Gasteiger partial charge in [-0.2, -0.15) is 0 Å². The SMILES string of the molecule is CC(c1c(O)cccc1O)N1CCC(N2CCCC2)C1. The molecule has 0 amide bonds. The second kappa shape index (κ2) is 5.62. The Morgan fingerprint density at radius 3 is 2.40 bits per heavy atom. The van der Waals surface area contributed by atoms with E-state index in [1.807, 2.05) is 0 Å². The third kappa shape index (κ3) is 2.50. The summed E-state index contributed by atoms with van der Waals surface area (Å²) in [6.07, 6.45) is 3.84. The van der Waals surface area contributed by atoms with Crippen LogP contribution in [0.5, 0.6) is 11.5 Å². The number of phenolic OH excluding ortho intramolecular Hbond substituents is 2. The molecule has 110 valence electrons. The van der Waals surface area contributed by atoms with Crippen LogP contribution in [0.4, 0.5) is 0 Å². The van der Waals surface area contributed by atoms with Gasteiger partial charge in [0.25, 0.3) is 0 Å². The van der Waals surface area contributed by atoms with Crippen molar-refractivity contribution < 1.29 is 10.2 Å². The van der Waals surface area contributed by atoms with E-state index >= 15 is 0 Å². The molecule has 0 aliphatic carbocycles. The quantitative estimate of drug-likeness (QED) is 0.889. The summed E-state index contributed by atoms with van der Waals surface area (Å²) in [5.41, 5.74) is 0.662. The average molecular weight is 276 g/mol. The number of aromatic hydroxyl groups is 2. The fraction of sp³-hybridized carbons (Fsp3) is 0.625. The largest absolute Gasteiger partial charge is 0.507 e. The summed E-state index contributed by atoms with van der Waals surface area (Å²) >= 11 is 0. The number of hydrogen-bond acceptors (Lipinski definition) is 4. The van der Waals surface area contributed by atoms with Gasteiger partial charge in [0.15, 0.2) is 0 Å². The average Bonchev–Trinajstić information content (AvgIpc) is 3.09. The van der Waals surface area contributed by atoms with E-state index in [1.165, 1.54) is 32.4 Å². The molecule has 2 aliphatic rings. The van der Waals surface area contributed by atoms with Crippen LogP contribution in [0.1, 0.15) is 37.8 Å². The van der Waals surface area contributed by atoms with Crippen LogP contribution in [0.15, 0.2) is 18.2 Å². The van der Waals surface area contributed by atoms with Crippen LogP contribution in [0.3, 0.4) is 0 Å². The summed E-state index contributed by atoms with van der Waals surface area (Å²) in [7, 11) is 0. The van der Waals surface area contributed by atoms with Crippen LogP contribution >= 0.6 is 0 Å². The first-order valence-electron chi connectivity index (χ1n) is 7.66. The van der Waals surface area contributed by atoms with Crippen molar-refractivity contribution >= 4 is 0 Å². The second-order valence-corrected chi connectivity index (χ2v) is 6.07. The Bertz CT molecular complexity index is 451. The predicted octanol–water partition coefficient (Wildman–Crippen LogP) is 2.33. The first kappa shape index (κ1) is 13.7. The molecule has 0 bridgehead atoms. The molecular weight excluding hydrogens is 252 g/mol. The molecule has 0 aromatic heterocycles. The molecule has 2 saturated heterocycles.